The zero-order valence-electron chi connectivity index (χ0n) is 13.3. The number of carbonyl (C=O) groups is 1. The number of hydrogen-bond donors (Lipinski definition) is 0. The lowest BCUT2D eigenvalue weighted by atomic mass is 10.0. The van der Waals surface area contributed by atoms with Crippen LogP contribution in [0.4, 0.5) is 11.4 Å². The van der Waals surface area contributed by atoms with Gasteiger partial charge in [0.05, 0.1) is 23.8 Å². The molecule has 1 aliphatic heterocycles. The summed E-state index contributed by atoms with van der Waals surface area (Å²) in [6.45, 7) is 2.71. The molecule has 0 N–H and O–H groups in total. The summed E-state index contributed by atoms with van der Waals surface area (Å²) in [6, 6.07) is 16.3. The third-order valence-corrected chi connectivity index (χ3v) is 4.92. The molecule has 1 heterocycles. The van der Waals surface area contributed by atoms with Crippen LogP contribution in [-0.2, 0) is 11.3 Å². The van der Waals surface area contributed by atoms with Crippen LogP contribution in [0.5, 0.6) is 0 Å². The van der Waals surface area contributed by atoms with Crippen molar-refractivity contribution in [2.24, 2.45) is 10.9 Å². The van der Waals surface area contributed by atoms with Crippen molar-refractivity contribution >= 4 is 23.0 Å². The first-order chi connectivity index (χ1) is 11.2. The van der Waals surface area contributed by atoms with Crippen LogP contribution in [0.3, 0.4) is 0 Å². The van der Waals surface area contributed by atoms with E-state index in [0.29, 0.717) is 6.54 Å². The lowest BCUT2D eigenvalue weighted by Crippen LogP contribution is -2.36. The molecular weight excluding hydrogens is 284 g/mol. The summed E-state index contributed by atoms with van der Waals surface area (Å²) in [5.41, 5.74) is 5.33. The Kier molecular flexibility index (Phi) is 3.49. The first-order valence-electron chi connectivity index (χ1n) is 8.26. The maximum atomic E-state index is 13.2. The molecule has 0 aromatic heterocycles. The van der Waals surface area contributed by atoms with E-state index in [-0.39, 0.29) is 11.8 Å². The van der Waals surface area contributed by atoms with E-state index in [2.05, 4.69) is 19.1 Å². The Morgan fingerprint density at radius 2 is 1.91 bits per heavy atom. The summed E-state index contributed by atoms with van der Waals surface area (Å²) in [5.74, 6) is 0.167. The Hall–Kier alpha value is -2.42. The zero-order valence-corrected chi connectivity index (χ0v) is 13.3. The van der Waals surface area contributed by atoms with Crippen LogP contribution in [0.2, 0.25) is 0 Å². The normalized spacial score (nSPS) is 19.9. The molecule has 0 bridgehead atoms. The molecule has 1 saturated carbocycles. The second-order valence-electron chi connectivity index (χ2n) is 6.39. The quantitative estimate of drug-likeness (QED) is 0.808. The largest absolute Gasteiger partial charge is 0.305 e. The van der Waals surface area contributed by atoms with Crippen molar-refractivity contribution < 1.29 is 4.79 Å². The minimum absolute atomic E-state index is 0.0357. The summed E-state index contributed by atoms with van der Waals surface area (Å²) in [7, 11) is 0. The molecule has 2 aromatic rings. The van der Waals surface area contributed by atoms with E-state index in [9.17, 15) is 4.79 Å². The van der Waals surface area contributed by atoms with Crippen LogP contribution in [0, 0.1) is 12.8 Å². The fraction of sp³-hybridized carbons (Fsp3) is 0.300. The monoisotopic (exact) mass is 304 g/mol. The number of aliphatic imine (C=N–C) groups is 1. The number of rotatable bonds is 2. The second kappa shape index (κ2) is 5.65. The van der Waals surface area contributed by atoms with Gasteiger partial charge in [-0.05, 0) is 49.4 Å². The molecule has 1 unspecified atom stereocenters. The standard InChI is InChI=1S/C20H20N2O/c1-14-7-2-3-8-15(14)13-22-19-12-5-4-10-18(19)21-17-11-6-9-16(17)20(22)23/h2-5,7-8,10,12,16H,6,9,11,13H2,1H3. The molecule has 1 fully saturated rings. The molecule has 2 aromatic carbocycles. The molecule has 0 saturated heterocycles. The molecule has 4 rings (SSSR count). The molecule has 1 atom stereocenters. The van der Waals surface area contributed by atoms with Gasteiger partial charge >= 0.3 is 0 Å². The maximum absolute atomic E-state index is 13.2. The summed E-state index contributed by atoms with van der Waals surface area (Å²) in [5, 5.41) is 0. The van der Waals surface area contributed by atoms with Crippen LogP contribution in [-0.4, -0.2) is 11.6 Å². The van der Waals surface area contributed by atoms with E-state index >= 15 is 0 Å². The van der Waals surface area contributed by atoms with E-state index < -0.39 is 0 Å². The lowest BCUT2D eigenvalue weighted by Gasteiger charge is -2.25. The van der Waals surface area contributed by atoms with E-state index in [1.54, 1.807) is 0 Å². The lowest BCUT2D eigenvalue weighted by molar-refractivity contribution is -0.120. The van der Waals surface area contributed by atoms with Crippen LogP contribution < -0.4 is 4.90 Å². The third kappa shape index (κ3) is 2.46. The summed E-state index contributed by atoms with van der Waals surface area (Å²) >= 11 is 0. The fourth-order valence-electron chi connectivity index (χ4n) is 3.60. The number of carbonyl (C=O) groups excluding carboxylic acids is 1. The first-order valence-corrected chi connectivity index (χ1v) is 8.26. The third-order valence-electron chi connectivity index (χ3n) is 4.92. The number of para-hydroxylation sites is 2. The van der Waals surface area contributed by atoms with Gasteiger partial charge in [-0.15, -0.1) is 0 Å². The number of hydrogen-bond acceptors (Lipinski definition) is 2. The van der Waals surface area contributed by atoms with E-state index in [4.69, 9.17) is 4.99 Å². The van der Waals surface area contributed by atoms with Gasteiger partial charge in [-0.1, -0.05) is 36.4 Å². The van der Waals surface area contributed by atoms with Crippen LogP contribution >= 0.6 is 0 Å². The molecule has 3 nitrogen and oxygen atoms in total. The predicted molar refractivity (Wildman–Crippen MR) is 93.2 cm³/mol. The SMILES string of the molecule is Cc1ccccc1CN1C(=O)C2CCCC2=Nc2ccccc21. The summed E-state index contributed by atoms with van der Waals surface area (Å²) in [6.07, 6.45) is 2.94. The average molecular weight is 304 g/mol. The van der Waals surface area contributed by atoms with Gasteiger partial charge in [0.1, 0.15) is 0 Å². The van der Waals surface area contributed by atoms with Crippen LogP contribution in [0.1, 0.15) is 30.4 Å². The topological polar surface area (TPSA) is 32.7 Å². The van der Waals surface area contributed by atoms with Gasteiger partial charge in [0.2, 0.25) is 5.91 Å². The molecule has 0 radical (unpaired) electrons. The highest BCUT2D eigenvalue weighted by molar-refractivity contribution is 6.14. The van der Waals surface area contributed by atoms with Crippen molar-refractivity contribution in [2.75, 3.05) is 4.90 Å². The number of nitrogens with zero attached hydrogens (tertiary/aromatic N) is 2. The summed E-state index contributed by atoms with van der Waals surface area (Å²) < 4.78 is 0. The Morgan fingerprint density at radius 3 is 2.78 bits per heavy atom. The van der Waals surface area contributed by atoms with E-state index in [1.165, 1.54) is 11.1 Å². The Labute approximate surface area is 136 Å². The van der Waals surface area contributed by atoms with Gasteiger partial charge in [0.15, 0.2) is 0 Å². The highest BCUT2D eigenvalue weighted by Crippen LogP contribution is 2.38. The number of amides is 1. The smallest absolute Gasteiger partial charge is 0.236 e. The van der Waals surface area contributed by atoms with Crippen molar-refractivity contribution in [1.29, 1.82) is 0 Å². The van der Waals surface area contributed by atoms with Crippen LogP contribution in [0.15, 0.2) is 53.5 Å². The maximum Gasteiger partial charge on any atom is 0.236 e. The number of benzene rings is 2. The highest BCUT2D eigenvalue weighted by atomic mass is 16.2. The van der Waals surface area contributed by atoms with Crippen molar-refractivity contribution in [2.45, 2.75) is 32.7 Å². The Morgan fingerprint density at radius 1 is 1.13 bits per heavy atom. The van der Waals surface area contributed by atoms with Crippen molar-refractivity contribution in [3.05, 3.63) is 59.7 Å². The number of aryl methyl sites for hydroxylation is 1. The minimum Gasteiger partial charge on any atom is -0.305 e. The Balaban J connectivity index is 1.79. The van der Waals surface area contributed by atoms with Gasteiger partial charge < -0.3 is 4.90 Å². The number of fused-ring (bicyclic) bond motifs is 2. The van der Waals surface area contributed by atoms with Gasteiger partial charge in [0, 0.05) is 5.71 Å². The molecule has 1 amide bonds. The van der Waals surface area contributed by atoms with E-state index in [1.807, 2.05) is 41.3 Å². The highest BCUT2D eigenvalue weighted by Gasteiger charge is 2.36. The van der Waals surface area contributed by atoms with Crippen LogP contribution in [0.25, 0.3) is 0 Å². The molecule has 2 aliphatic rings. The van der Waals surface area contributed by atoms with Gasteiger partial charge in [-0.3, -0.25) is 9.79 Å². The predicted octanol–water partition coefficient (Wildman–Crippen LogP) is 4.41. The van der Waals surface area contributed by atoms with Gasteiger partial charge in [-0.2, -0.15) is 0 Å². The molecule has 116 valence electrons. The number of anilines is 1. The fourth-order valence-corrected chi connectivity index (χ4v) is 3.60. The molecular formula is C20H20N2O. The average Bonchev–Trinajstić information content (AvgIpc) is 2.99. The van der Waals surface area contributed by atoms with Crippen molar-refractivity contribution in [3.8, 4) is 0 Å². The molecule has 1 aliphatic carbocycles. The van der Waals surface area contributed by atoms with E-state index in [0.717, 1.165) is 36.3 Å². The first kappa shape index (κ1) is 14.2. The second-order valence-corrected chi connectivity index (χ2v) is 6.39. The molecule has 0 spiro atoms. The van der Waals surface area contributed by atoms with Gasteiger partial charge in [-0.25, -0.2) is 0 Å². The summed E-state index contributed by atoms with van der Waals surface area (Å²) in [4.78, 5) is 19.9. The van der Waals surface area contributed by atoms with Crippen molar-refractivity contribution in [1.82, 2.24) is 0 Å². The molecule has 3 heteroatoms. The van der Waals surface area contributed by atoms with Crippen molar-refractivity contribution in [3.63, 3.8) is 0 Å². The van der Waals surface area contributed by atoms with Gasteiger partial charge in [0.25, 0.3) is 0 Å². The Bertz CT molecular complexity index is 794. The zero-order chi connectivity index (χ0) is 15.8. The minimum atomic E-state index is -0.0357. The molecule has 23 heavy (non-hydrogen) atoms.